The molecule has 1 atom stereocenters. The fourth-order valence-electron chi connectivity index (χ4n) is 1.78. The molecule has 0 aliphatic heterocycles. The number of thiazole rings is 1. The molecule has 0 amide bonds. The maximum atomic E-state index is 11.1. The largest absolute Gasteiger partial charge is 0.481 e. The number of carbonyl (C=O) groups is 1. The molecule has 0 aromatic carbocycles. The molecule has 1 heterocycles. The Morgan fingerprint density at radius 3 is 2.73 bits per heavy atom. The van der Waals surface area contributed by atoms with Crippen LogP contribution in [0.4, 0.5) is 0 Å². The monoisotopic (exact) mass is 581 g/mol. The zero-order valence-electron chi connectivity index (χ0n) is 14.7. The van der Waals surface area contributed by atoms with Crippen LogP contribution in [0, 0.1) is 12.8 Å². The molecule has 150 valence electrons. The van der Waals surface area contributed by atoms with Gasteiger partial charge < -0.3 is 15.7 Å². The molecule has 1 rings (SSSR count). The first-order chi connectivity index (χ1) is 12.3. The number of nitrogens with two attached hydrogens (primary N) is 2. The Labute approximate surface area is 182 Å². The minimum atomic E-state index is -0.862. The molecule has 5 N–H and O–H groups in total. The molecule has 0 bridgehead atoms. The minimum absolute atomic E-state index is 0.145. The van der Waals surface area contributed by atoms with Gasteiger partial charge in [-0.1, -0.05) is 22.3 Å². The van der Waals surface area contributed by atoms with E-state index in [0.717, 1.165) is 21.8 Å². The second-order valence-corrected chi connectivity index (χ2v) is 9.76. The molecule has 0 radical (unpaired) electrons. The van der Waals surface area contributed by atoms with Gasteiger partial charge in [-0.05, 0) is 50.5 Å². The number of carboxylic acid groups (broad SMARTS) is 1. The lowest BCUT2D eigenvalue weighted by molar-refractivity contribution is -0.141. The molecule has 0 saturated carbocycles. The summed E-state index contributed by atoms with van der Waals surface area (Å²) in [5, 5.41) is 15.9. The summed E-state index contributed by atoms with van der Waals surface area (Å²) in [6.45, 7) is 4.61. The van der Waals surface area contributed by atoms with Crippen LogP contribution in [-0.4, -0.2) is 46.0 Å². The van der Waals surface area contributed by atoms with Crippen LogP contribution >= 0.6 is 57.4 Å². The molecule has 8 nitrogen and oxygen atoms in total. The fourth-order valence-corrected chi connectivity index (χ4v) is 3.58. The van der Waals surface area contributed by atoms with E-state index in [1.165, 1.54) is 5.01 Å². The number of amidine groups is 1. The second kappa shape index (κ2) is 15.9. The third-order valence-electron chi connectivity index (χ3n) is 3.02. The van der Waals surface area contributed by atoms with Crippen LogP contribution in [0.2, 0.25) is 0 Å². The number of aliphatic carboxylic acids is 1. The number of hydrogen-bond acceptors (Lipinski definition) is 8. The lowest BCUT2D eigenvalue weighted by Gasteiger charge is -2.22. The van der Waals surface area contributed by atoms with Gasteiger partial charge in [0.05, 0.1) is 12.5 Å². The minimum Gasteiger partial charge on any atom is -0.481 e. The molecule has 26 heavy (non-hydrogen) atoms. The van der Waals surface area contributed by atoms with Gasteiger partial charge in [-0.3, -0.25) is 9.80 Å². The van der Waals surface area contributed by atoms with Gasteiger partial charge in [-0.15, -0.1) is 11.3 Å². The number of carboxylic acids is 1. The number of halogens is 2. The molecule has 1 aromatic rings. The molecular weight excluding hydrogens is 557 g/mol. The van der Waals surface area contributed by atoms with Crippen molar-refractivity contribution in [3.8, 4) is 0 Å². The number of rotatable bonds is 10. The van der Waals surface area contributed by atoms with E-state index < -0.39 is 11.9 Å². The van der Waals surface area contributed by atoms with Crippen molar-refractivity contribution < 1.29 is 14.6 Å². The zero-order valence-corrected chi connectivity index (χ0v) is 20.1. The molecular formula is C14H25BrIN5O3S2. The summed E-state index contributed by atoms with van der Waals surface area (Å²) in [5.74, 6) is 10.8. The number of nitrogens with zero attached hydrogens (tertiary/aromatic N) is 3. The Kier molecular flexibility index (Phi) is 15.8. The third kappa shape index (κ3) is 12.3. The van der Waals surface area contributed by atoms with E-state index >= 15 is 0 Å². The van der Waals surface area contributed by atoms with Crippen molar-refractivity contribution in [3.05, 3.63) is 15.0 Å². The van der Waals surface area contributed by atoms with E-state index in [9.17, 15) is 4.79 Å². The molecule has 0 fully saturated rings. The van der Waals surface area contributed by atoms with Gasteiger partial charge >= 0.3 is 5.97 Å². The number of hydrazone groups is 1. The van der Waals surface area contributed by atoms with Crippen molar-refractivity contribution in [2.75, 3.05) is 19.1 Å². The van der Waals surface area contributed by atoms with Gasteiger partial charge in [0.15, 0.2) is 3.92 Å². The normalized spacial score (nSPS) is 12.3. The highest BCUT2D eigenvalue weighted by molar-refractivity contribution is 14.2. The highest BCUT2D eigenvalue weighted by Crippen LogP contribution is 2.14. The molecule has 0 saturated heterocycles. The standard InChI is InChI=1S/C10H21IN4O3S.C4H4BrNS/c1-2-3-8(10(16)17)6-9(14-12)15(13)7-18-4-5-19-11;1-3-2-7-4(5)6-3/h8H,2-7,12-13H2,1H3,(H,16,17);2H,1H3/b14-9-;. The smallest absolute Gasteiger partial charge is 0.306 e. The summed E-state index contributed by atoms with van der Waals surface area (Å²) >= 11 is 7.03. The number of ether oxygens (including phenoxy) is 1. The predicted molar refractivity (Wildman–Crippen MR) is 120 cm³/mol. The highest BCUT2D eigenvalue weighted by Gasteiger charge is 2.21. The van der Waals surface area contributed by atoms with E-state index in [0.29, 0.717) is 18.9 Å². The maximum absolute atomic E-state index is 11.1. The van der Waals surface area contributed by atoms with Gasteiger partial charge in [-0.2, -0.15) is 5.10 Å². The van der Waals surface area contributed by atoms with Gasteiger partial charge in [0.25, 0.3) is 0 Å². The molecule has 1 unspecified atom stereocenters. The molecule has 12 heteroatoms. The van der Waals surface area contributed by atoms with Crippen LogP contribution in [0.15, 0.2) is 14.4 Å². The summed E-state index contributed by atoms with van der Waals surface area (Å²) in [6.07, 6.45) is 1.55. The van der Waals surface area contributed by atoms with Crippen molar-refractivity contribution in [1.29, 1.82) is 0 Å². The average Bonchev–Trinajstić information content (AvgIpc) is 2.98. The summed E-state index contributed by atoms with van der Waals surface area (Å²) in [4.78, 5) is 15.1. The first-order valence-corrected chi connectivity index (χ1v) is 13.0. The SMILES string of the molecule is CCCC(C/C(=N/N)N(N)COCCSI)C(=O)O.Cc1csc(Br)n1. The Balaban J connectivity index is 0.000000735. The molecule has 0 spiro atoms. The zero-order chi connectivity index (χ0) is 19.9. The van der Waals surface area contributed by atoms with E-state index in [1.54, 1.807) is 20.3 Å². The van der Waals surface area contributed by atoms with Crippen molar-refractivity contribution in [2.45, 2.75) is 33.1 Å². The summed E-state index contributed by atoms with van der Waals surface area (Å²) in [6, 6.07) is 0. The second-order valence-electron chi connectivity index (χ2n) is 5.14. The van der Waals surface area contributed by atoms with Crippen LogP contribution in [-0.2, 0) is 9.53 Å². The van der Waals surface area contributed by atoms with E-state index in [-0.39, 0.29) is 13.2 Å². The van der Waals surface area contributed by atoms with Crippen molar-refractivity contribution in [2.24, 2.45) is 22.7 Å². The molecule has 0 aliphatic rings. The maximum Gasteiger partial charge on any atom is 0.306 e. The fraction of sp³-hybridized carbons (Fsp3) is 0.643. The van der Waals surface area contributed by atoms with E-state index in [1.807, 2.05) is 19.2 Å². The lowest BCUT2D eigenvalue weighted by Crippen LogP contribution is -2.41. The van der Waals surface area contributed by atoms with Crippen LogP contribution < -0.4 is 11.7 Å². The lowest BCUT2D eigenvalue weighted by atomic mass is 9.99. The topological polar surface area (TPSA) is 127 Å². The number of aromatic nitrogens is 1. The Morgan fingerprint density at radius 1 is 1.65 bits per heavy atom. The van der Waals surface area contributed by atoms with E-state index in [2.05, 4.69) is 47.2 Å². The first-order valence-electron chi connectivity index (χ1n) is 7.76. The Morgan fingerprint density at radius 2 is 2.35 bits per heavy atom. The van der Waals surface area contributed by atoms with Crippen molar-refractivity contribution in [3.63, 3.8) is 0 Å². The van der Waals surface area contributed by atoms with Crippen molar-refractivity contribution in [1.82, 2.24) is 9.99 Å². The molecule has 1 aromatic heterocycles. The first kappa shape index (κ1) is 25.9. The van der Waals surface area contributed by atoms with Crippen LogP contribution in [0.1, 0.15) is 31.9 Å². The predicted octanol–water partition coefficient (Wildman–Crippen LogP) is 3.60. The van der Waals surface area contributed by atoms with Crippen LogP contribution in [0.3, 0.4) is 0 Å². The number of hydrazine groups is 1. The third-order valence-corrected chi connectivity index (χ3v) is 6.15. The molecule has 0 aliphatic carbocycles. The average molecular weight is 582 g/mol. The van der Waals surface area contributed by atoms with Gasteiger partial charge in [0.1, 0.15) is 12.6 Å². The van der Waals surface area contributed by atoms with Gasteiger partial charge in [0.2, 0.25) is 0 Å². The Bertz CT molecular complexity index is 534. The Hall–Kier alpha value is -0.150. The summed E-state index contributed by atoms with van der Waals surface area (Å²) in [5.41, 5.74) is 1.08. The van der Waals surface area contributed by atoms with Gasteiger partial charge in [0, 0.05) is 23.2 Å². The van der Waals surface area contributed by atoms with Gasteiger partial charge in [-0.25, -0.2) is 10.8 Å². The highest BCUT2D eigenvalue weighted by atomic mass is 127. The van der Waals surface area contributed by atoms with Crippen molar-refractivity contribution >= 4 is 69.2 Å². The van der Waals surface area contributed by atoms with Crippen LogP contribution in [0.25, 0.3) is 0 Å². The van der Waals surface area contributed by atoms with E-state index in [4.69, 9.17) is 21.5 Å². The summed E-state index contributed by atoms with van der Waals surface area (Å²) in [7, 11) is 1.64. The quantitative estimate of drug-likeness (QED) is 0.0727. The number of hydrogen-bond donors (Lipinski definition) is 3. The number of aryl methyl sites for hydroxylation is 1. The van der Waals surface area contributed by atoms with Crippen LogP contribution in [0.5, 0.6) is 0 Å². The summed E-state index contributed by atoms with van der Waals surface area (Å²) < 4.78 is 6.28.